The van der Waals surface area contributed by atoms with Crippen LogP contribution in [-0.4, -0.2) is 57.7 Å². The average molecular weight is 561 g/mol. The van der Waals surface area contributed by atoms with E-state index in [0.717, 1.165) is 46.7 Å². The minimum absolute atomic E-state index is 0.0377. The monoisotopic (exact) mass is 560 g/mol. The van der Waals surface area contributed by atoms with E-state index in [1.165, 1.54) is 17.7 Å². The van der Waals surface area contributed by atoms with Crippen molar-refractivity contribution in [2.24, 2.45) is 0 Å². The lowest BCUT2D eigenvalue weighted by Crippen LogP contribution is -2.32. The summed E-state index contributed by atoms with van der Waals surface area (Å²) in [5.74, 6) is 8.17. The maximum Gasteiger partial charge on any atom is 0.410 e. The number of amides is 1. The molecule has 0 spiro atoms. The first kappa shape index (κ1) is 25.4. The highest BCUT2D eigenvalue weighted by atomic mass is 35.5. The summed E-state index contributed by atoms with van der Waals surface area (Å²) in [5.41, 5.74) is 1.57. The van der Waals surface area contributed by atoms with E-state index in [4.69, 9.17) is 21.1 Å². The first-order valence-electron chi connectivity index (χ1n) is 12.7. The fraction of sp³-hybridized carbons (Fsp3) is 0.286. The molecule has 3 aromatic heterocycles. The maximum absolute atomic E-state index is 12.3. The molecule has 0 aliphatic carbocycles. The van der Waals surface area contributed by atoms with Gasteiger partial charge >= 0.3 is 6.09 Å². The van der Waals surface area contributed by atoms with Crippen LogP contribution in [0, 0.1) is 11.8 Å². The van der Waals surface area contributed by atoms with Crippen LogP contribution in [0.4, 0.5) is 16.3 Å². The van der Waals surface area contributed by atoms with Gasteiger partial charge in [0, 0.05) is 44.0 Å². The van der Waals surface area contributed by atoms with Gasteiger partial charge in [-0.25, -0.2) is 19.7 Å². The van der Waals surface area contributed by atoms with Gasteiger partial charge in [0.25, 0.3) is 0 Å². The Hall–Kier alpha value is -3.91. The number of likely N-dealkylation sites (tertiary alicyclic amines) is 1. The van der Waals surface area contributed by atoms with Crippen molar-refractivity contribution in [3.05, 3.63) is 64.9 Å². The second-order valence-electron chi connectivity index (χ2n) is 9.25. The van der Waals surface area contributed by atoms with E-state index < -0.39 is 0 Å². The SMILES string of the molecule is O=C(OC1CNC(C#Cc2cc3ncnc(Nc4ccc(Oc5ccccn5)c(Cl)c4)c3s2)C1)N1CCCC1. The van der Waals surface area contributed by atoms with Gasteiger partial charge in [0.05, 0.1) is 26.2 Å². The topological polar surface area (TPSA) is 102 Å². The fourth-order valence-electron chi connectivity index (χ4n) is 4.50. The number of aromatic nitrogens is 3. The summed E-state index contributed by atoms with van der Waals surface area (Å²) in [6, 6.07) is 12.8. The second-order valence-corrected chi connectivity index (χ2v) is 10.7. The third-order valence-corrected chi connectivity index (χ3v) is 7.79. The van der Waals surface area contributed by atoms with Crippen LogP contribution in [0.25, 0.3) is 10.2 Å². The molecule has 2 atom stereocenters. The third kappa shape index (κ3) is 6.06. The predicted molar refractivity (Wildman–Crippen MR) is 151 cm³/mol. The number of hydrogen-bond donors (Lipinski definition) is 2. The van der Waals surface area contributed by atoms with Gasteiger partial charge in [-0.1, -0.05) is 29.5 Å². The van der Waals surface area contributed by atoms with Crippen molar-refractivity contribution >= 4 is 50.8 Å². The van der Waals surface area contributed by atoms with Crippen LogP contribution in [0.2, 0.25) is 5.02 Å². The van der Waals surface area contributed by atoms with Crippen molar-refractivity contribution in [2.45, 2.75) is 31.4 Å². The molecule has 198 valence electrons. The summed E-state index contributed by atoms with van der Waals surface area (Å²) in [6.45, 7) is 2.18. The number of rotatable bonds is 5. The van der Waals surface area contributed by atoms with Crippen LogP contribution >= 0.6 is 22.9 Å². The van der Waals surface area contributed by atoms with Gasteiger partial charge in [-0.05, 0) is 43.2 Å². The highest BCUT2D eigenvalue weighted by Crippen LogP contribution is 2.34. The van der Waals surface area contributed by atoms with E-state index in [2.05, 4.69) is 37.4 Å². The Kier molecular flexibility index (Phi) is 7.45. The molecule has 0 bridgehead atoms. The van der Waals surface area contributed by atoms with Crippen molar-refractivity contribution in [2.75, 3.05) is 25.0 Å². The summed E-state index contributed by atoms with van der Waals surface area (Å²) in [4.78, 5) is 27.9. The number of nitrogens with one attached hydrogen (secondary N) is 2. The number of fused-ring (bicyclic) bond motifs is 1. The number of benzene rings is 1. The molecular formula is C28H25ClN6O3S. The van der Waals surface area contributed by atoms with Crippen molar-refractivity contribution in [1.82, 2.24) is 25.2 Å². The van der Waals surface area contributed by atoms with Crippen LogP contribution < -0.4 is 15.4 Å². The fourth-order valence-corrected chi connectivity index (χ4v) is 5.64. The minimum atomic E-state index is -0.215. The third-order valence-electron chi connectivity index (χ3n) is 6.45. The summed E-state index contributed by atoms with van der Waals surface area (Å²) >= 11 is 7.98. The lowest BCUT2D eigenvalue weighted by atomic mass is 10.2. The van der Waals surface area contributed by atoms with E-state index >= 15 is 0 Å². The van der Waals surface area contributed by atoms with Crippen LogP contribution in [0.1, 0.15) is 24.1 Å². The molecule has 0 saturated carbocycles. The number of anilines is 2. The highest BCUT2D eigenvalue weighted by molar-refractivity contribution is 7.20. The van der Waals surface area contributed by atoms with Crippen LogP contribution in [0.3, 0.4) is 0 Å². The zero-order valence-electron chi connectivity index (χ0n) is 20.9. The number of pyridine rings is 1. The van der Waals surface area contributed by atoms with Gasteiger partial charge in [0.2, 0.25) is 5.88 Å². The van der Waals surface area contributed by atoms with Gasteiger partial charge in [0.1, 0.15) is 18.2 Å². The van der Waals surface area contributed by atoms with Crippen molar-refractivity contribution in [3.63, 3.8) is 0 Å². The molecular weight excluding hydrogens is 536 g/mol. The molecule has 6 rings (SSSR count). The van der Waals surface area contributed by atoms with Crippen molar-refractivity contribution in [3.8, 4) is 23.5 Å². The molecule has 2 aliphatic heterocycles. The summed E-state index contributed by atoms with van der Waals surface area (Å²) in [7, 11) is 0. The molecule has 1 amide bonds. The molecule has 2 aliphatic rings. The minimum Gasteiger partial charge on any atom is -0.445 e. The van der Waals surface area contributed by atoms with Gasteiger partial charge in [-0.15, -0.1) is 11.3 Å². The Morgan fingerprint density at radius 1 is 1.15 bits per heavy atom. The lowest BCUT2D eigenvalue weighted by molar-refractivity contribution is 0.0763. The molecule has 39 heavy (non-hydrogen) atoms. The molecule has 2 N–H and O–H groups in total. The Labute approximate surface area is 234 Å². The number of carbonyl (C=O) groups excluding carboxylic acids is 1. The highest BCUT2D eigenvalue weighted by Gasteiger charge is 2.28. The first-order valence-corrected chi connectivity index (χ1v) is 13.9. The molecule has 2 saturated heterocycles. The van der Waals surface area contributed by atoms with E-state index in [9.17, 15) is 4.79 Å². The number of hydrogen-bond acceptors (Lipinski definition) is 9. The number of thiophene rings is 1. The summed E-state index contributed by atoms with van der Waals surface area (Å²) < 4.78 is 12.3. The number of ether oxygens (including phenoxy) is 2. The van der Waals surface area contributed by atoms with Gasteiger partial charge in [-0.2, -0.15) is 0 Å². The van der Waals surface area contributed by atoms with Gasteiger partial charge in [0.15, 0.2) is 5.82 Å². The predicted octanol–water partition coefficient (Wildman–Crippen LogP) is 5.59. The molecule has 5 heterocycles. The van der Waals surface area contributed by atoms with Crippen LogP contribution in [0.15, 0.2) is 55.0 Å². The van der Waals surface area contributed by atoms with Crippen LogP contribution in [-0.2, 0) is 4.74 Å². The number of nitrogens with zero attached hydrogens (tertiary/aromatic N) is 4. The Balaban J connectivity index is 1.11. The number of carbonyl (C=O) groups is 1. The Morgan fingerprint density at radius 3 is 2.87 bits per heavy atom. The van der Waals surface area contributed by atoms with E-state index in [-0.39, 0.29) is 18.2 Å². The molecule has 11 heteroatoms. The molecule has 4 aromatic rings. The van der Waals surface area contributed by atoms with Gasteiger partial charge < -0.3 is 19.7 Å². The van der Waals surface area contributed by atoms with Crippen molar-refractivity contribution < 1.29 is 14.3 Å². The first-order chi connectivity index (χ1) is 19.1. The molecule has 2 fully saturated rings. The molecule has 0 radical (unpaired) electrons. The molecule has 9 nitrogen and oxygen atoms in total. The number of halogens is 1. The van der Waals surface area contributed by atoms with Crippen molar-refractivity contribution in [1.29, 1.82) is 0 Å². The largest absolute Gasteiger partial charge is 0.445 e. The Morgan fingerprint density at radius 2 is 2.05 bits per heavy atom. The van der Waals surface area contributed by atoms with E-state index in [1.807, 2.05) is 24.3 Å². The average Bonchev–Trinajstić information content (AvgIpc) is 3.71. The van der Waals surface area contributed by atoms with E-state index in [1.54, 1.807) is 29.3 Å². The zero-order valence-corrected chi connectivity index (χ0v) is 22.5. The Bertz CT molecular complexity index is 1550. The van der Waals surface area contributed by atoms with Crippen LogP contribution in [0.5, 0.6) is 11.6 Å². The summed E-state index contributed by atoms with van der Waals surface area (Å²) in [5, 5.41) is 7.12. The zero-order chi connectivity index (χ0) is 26.6. The molecule has 2 unspecified atom stereocenters. The lowest BCUT2D eigenvalue weighted by Gasteiger charge is -2.18. The standard InChI is InChI=1S/C28H25ClN6O3S/c29-22-14-19(7-9-24(22)38-25-5-1-2-10-30-25)34-27-26-23(32-17-33-27)15-21(39-26)8-6-18-13-20(16-31-18)37-28(36)35-11-3-4-12-35/h1-2,5,7,9-10,14-15,17-18,20,31H,3-4,11-13,16H2,(H,32,33,34). The second kappa shape index (κ2) is 11.5. The maximum atomic E-state index is 12.3. The van der Waals surface area contributed by atoms with E-state index in [0.29, 0.717) is 35.4 Å². The normalized spacial score (nSPS) is 18.5. The summed E-state index contributed by atoms with van der Waals surface area (Å²) in [6.07, 6.45) is 5.57. The van der Waals surface area contributed by atoms with Gasteiger partial charge in [-0.3, -0.25) is 5.32 Å². The quantitative estimate of drug-likeness (QED) is 0.305. The smallest absolute Gasteiger partial charge is 0.410 e. The molecule has 1 aromatic carbocycles.